The van der Waals surface area contributed by atoms with Crippen molar-refractivity contribution in [3.05, 3.63) is 46.4 Å². The Morgan fingerprint density at radius 2 is 1.85 bits per heavy atom. The molecule has 0 spiro atoms. The summed E-state index contributed by atoms with van der Waals surface area (Å²) in [5.74, 6) is 0. The van der Waals surface area contributed by atoms with Gasteiger partial charge < -0.3 is 4.90 Å². The van der Waals surface area contributed by atoms with E-state index in [1.165, 1.54) is 16.3 Å². The first kappa shape index (κ1) is 13.6. The van der Waals surface area contributed by atoms with Crippen molar-refractivity contribution < 1.29 is 0 Å². The quantitative estimate of drug-likeness (QED) is 0.862. The highest BCUT2D eigenvalue weighted by molar-refractivity contribution is 7.09. The van der Waals surface area contributed by atoms with Crippen LogP contribution >= 0.6 is 11.3 Å². The summed E-state index contributed by atoms with van der Waals surface area (Å²) < 4.78 is 0. The maximum Gasteiger partial charge on any atom is 0.0797 e. The fraction of sp³-hybridized carbons (Fsp3) is 0.438. The third-order valence-electron chi connectivity index (χ3n) is 3.99. The minimum absolute atomic E-state index is 1.13. The molecule has 2 heterocycles. The summed E-state index contributed by atoms with van der Waals surface area (Å²) >= 11 is 1.79. The Balaban J connectivity index is 1.48. The largest absolute Gasteiger partial charge is 0.369 e. The third-order valence-corrected chi connectivity index (χ3v) is 4.99. The summed E-state index contributed by atoms with van der Waals surface area (Å²) in [6, 6.07) is 10.7. The average molecular weight is 287 g/mol. The van der Waals surface area contributed by atoms with Crippen LogP contribution < -0.4 is 4.90 Å². The molecule has 1 aromatic heterocycles. The van der Waals surface area contributed by atoms with Crippen LogP contribution in [0.15, 0.2) is 35.8 Å². The zero-order valence-electron chi connectivity index (χ0n) is 12.0. The highest BCUT2D eigenvalue weighted by Crippen LogP contribution is 2.17. The third kappa shape index (κ3) is 3.19. The average Bonchev–Trinajstić information content (AvgIpc) is 2.92. The van der Waals surface area contributed by atoms with Gasteiger partial charge in [0.25, 0.3) is 0 Å². The summed E-state index contributed by atoms with van der Waals surface area (Å²) in [5.41, 5.74) is 4.52. The number of anilines is 1. The molecule has 0 saturated carbocycles. The molecule has 20 heavy (non-hydrogen) atoms. The van der Waals surface area contributed by atoms with Gasteiger partial charge in [-0.1, -0.05) is 18.2 Å². The number of hydrogen-bond donors (Lipinski definition) is 0. The van der Waals surface area contributed by atoms with E-state index in [1.807, 2.05) is 5.51 Å². The van der Waals surface area contributed by atoms with Gasteiger partial charge in [0.15, 0.2) is 0 Å². The number of nitrogens with zero attached hydrogens (tertiary/aromatic N) is 3. The van der Waals surface area contributed by atoms with Crippen LogP contribution in [0, 0.1) is 6.92 Å². The summed E-state index contributed by atoms with van der Waals surface area (Å²) in [7, 11) is 0. The van der Waals surface area contributed by atoms with Gasteiger partial charge in [-0.15, -0.1) is 11.3 Å². The lowest BCUT2D eigenvalue weighted by Gasteiger charge is -2.36. The minimum atomic E-state index is 1.13. The van der Waals surface area contributed by atoms with Crippen molar-refractivity contribution in [1.29, 1.82) is 0 Å². The molecule has 0 bridgehead atoms. The first-order valence-corrected chi connectivity index (χ1v) is 8.12. The molecule has 2 aromatic rings. The molecule has 0 unspecified atom stereocenters. The molecule has 1 aliphatic rings. The maximum absolute atomic E-state index is 4.32. The normalized spacial score (nSPS) is 16.6. The maximum atomic E-state index is 4.32. The molecule has 3 nitrogen and oxygen atoms in total. The van der Waals surface area contributed by atoms with Gasteiger partial charge in [0.2, 0.25) is 0 Å². The Morgan fingerprint density at radius 1 is 1.10 bits per heavy atom. The Bertz CT molecular complexity index is 530. The lowest BCUT2D eigenvalue weighted by Crippen LogP contribution is -2.46. The van der Waals surface area contributed by atoms with Gasteiger partial charge >= 0.3 is 0 Å². The topological polar surface area (TPSA) is 19.4 Å². The van der Waals surface area contributed by atoms with Crippen molar-refractivity contribution in [2.75, 3.05) is 37.6 Å². The fourth-order valence-electron chi connectivity index (χ4n) is 2.69. The van der Waals surface area contributed by atoms with Crippen molar-refractivity contribution in [3.8, 4) is 0 Å². The predicted molar refractivity (Wildman–Crippen MR) is 85.7 cm³/mol. The zero-order valence-corrected chi connectivity index (χ0v) is 12.8. The Hall–Kier alpha value is -1.39. The molecule has 3 rings (SSSR count). The van der Waals surface area contributed by atoms with Crippen LogP contribution in [0.3, 0.4) is 0 Å². The number of rotatable bonds is 4. The number of piperazine rings is 1. The molecule has 0 aliphatic carbocycles. The van der Waals surface area contributed by atoms with Gasteiger partial charge in [-0.2, -0.15) is 0 Å². The van der Waals surface area contributed by atoms with Gasteiger partial charge in [0.1, 0.15) is 0 Å². The number of hydrogen-bond acceptors (Lipinski definition) is 4. The van der Waals surface area contributed by atoms with Crippen LogP contribution in [0.5, 0.6) is 0 Å². The molecule has 106 valence electrons. The molecule has 0 amide bonds. The highest BCUT2D eigenvalue weighted by Gasteiger charge is 2.17. The van der Waals surface area contributed by atoms with Crippen molar-refractivity contribution in [2.24, 2.45) is 0 Å². The molecule has 0 atom stereocenters. The number of thiazole rings is 1. The van der Waals surface area contributed by atoms with Crippen molar-refractivity contribution in [1.82, 2.24) is 9.88 Å². The number of aryl methyl sites for hydroxylation is 1. The highest BCUT2D eigenvalue weighted by atomic mass is 32.1. The van der Waals surface area contributed by atoms with Crippen LogP contribution in [0.4, 0.5) is 5.69 Å². The fourth-order valence-corrected chi connectivity index (χ4v) is 3.46. The molecule has 4 heteroatoms. The number of benzene rings is 1. The molecule has 1 aromatic carbocycles. The first-order chi connectivity index (χ1) is 9.83. The van der Waals surface area contributed by atoms with E-state index in [0.717, 1.165) is 39.1 Å². The van der Waals surface area contributed by atoms with Crippen LogP contribution in [-0.4, -0.2) is 42.6 Å². The van der Waals surface area contributed by atoms with Crippen LogP contribution in [0.2, 0.25) is 0 Å². The summed E-state index contributed by atoms with van der Waals surface area (Å²) in [6.45, 7) is 7.85. The van der Waals surface area contributed by atoms with Gasteiger partial charge in [-0.25, -0.2) is 4.98 Å². The molecule has 0 N–H and O–H groups in total. The van der Waals surface area contributed by atoms with Gasteiger partial charge in [0.05, 0.1) is 11.2 Å². The van der Waals surface area contributed by atoms with Crippen LogP contribution in [0.1, 0.15) is 10.6 Å². The monoisotopic (exact) mass is 287 g/mol. The SMILES string of the molecule is Cc1ncsc1CCN1CCN(c2ccccc2)CC1. The van der Waals surface area contributed by atoms with E-state index in [0.29, 0.717) is 0 Å². The second-order valence-electron chi connectivity index (χ2n) is 5.28. The van der Waals surface area contributed by atoms with E-state index < -0.39 is 0 Å². The summed E-state index contributed by atoms with van der Waals surface area (Å²) in [4.78, 5) is 10.8. The smallest absolute Gasteiger partial charge is 0.0797 e. The van der Waals surface area contributed by atoms with Gasteiger partial charge in [-0.3, -0.25) is 4.90 Å². The predicted octanol–water partition coefficient (Wildman–Crippen LogP) is 2.82. The number of aromatic nitrogens is 1. The Morgan fingerprint density at radius 3 is 2.50 bits per heavy atom. The summed E-state index contributed by atoms with van der Waals surface area (Å²) in [5, 5.41) is 0. The van der Waals surface area contributed by atoms with E-state index in [9.17, 15) is 0 Å². The van der Waals surface area contributed by atoms with Crippen LogP contribution in [-0.2, 0) is 6.42 Å². The van der Waals surface area contributed by atoms with Gasteiger partial charge in [-0.05, 0) is 25.5 Å². The first-order valence-electron chi connectivity index (χ1n) is 7.24. The van der Waals surface area contributed by atoms with E-state index in [2.05, 4.69) is 52.0 Å². The van der Waals surface area contributed by atoms with E-state index in [-0.39, 0.29) is 0 Å². The second-order valence-corrected chi connectivity index (χ2v) is 6.21. The van der Waals surface area contributed by atoms with E-state index >= 15 is 0 Å². The molecule has 1 fully saturated rings. The number of para-hydroxylation sites is 1. The van der Waals surface area contributed by atoms with Crippen molar-refractivity contribution >= 4 is 17.0 Å². The van der Waals surface area contributed by atoms with Crippen molar-refractivity contribution in [2.45, 2.75) is 13.3 Å². The Labute approximate surface area is 124 Å². The zero-order chi connectivity index (χ0) is 13.8. The van der Waals surface area contributed by atoms with E-state index in [4.69, 9.17) is 0 Å². The van der Waals surface area contributed by atoms with Crippen molar-refractivity contribution in [3.63, 3.8) is 0 Å². The molecule has 0 radical (unpaired) electrons. The van der Waals surface area contributed by atoms with E-state index in [1.54, 1.807) is 11.3 Å². The molecular formula is C16H21N3S. The lowest BCUT2D eigenvalue weighted by atomic mass is 10.2. The minimum Gasteiger partial charge on any atom is -0.369 e. The molecule has 1 saturated heterocycles. The molecule has 1 aliphatic heterocycles. The summed E-state index contributed by atoms with van der Waals surface area (Å²) in [6.07, 6.45) is 1.14. The molecular weight excluding hydrogens is 266 g/mol. The van der Waals surface area contributed by atoms with Gasteiger partial charge in [0, 0.05) is 43.3 Å². The Kier molecular flexibility index (Phi) is 4.33. The second kappa shape index (κ2) is 6.37. The van der Waals surface area contributed by atoms with Crippen LogP contribution in [0.25, 0.3) is 0 Å². The standard InChI is InChI=1S/C16H21N3S/c1-14-16(20-13-17-14)7-8-18-9-11-19(12-10-18)15-5-3-2-4-6-15/h2-6,13H,7-12H2,1H3. The lowest BCUT2D eigenvalue weighted by molar-refractivity contribution is 0.261.